The molecule has 1 saturated carbocycles. The van der Waals surface area contributed by atoms with Crippen LogP contribution in [0.15, 0.2) is 53.4 Å². The highest BCUT2D eigenvalue weighted by atomic mass is 35.5. The van der Waals surface area contributed by atoms with Crippen LogP contribution in [0, 0.1) is 0 Å². The zero-order valence-corrected chi connectivity index (χ0v) is 15.2. The van der Waals surface area contributed by atoms with Gasteiger partial charge in [0.1, 0.15) is 0 Å². The highest BCUT2D eigenvalue weighted by molar-refractivity contribution is 7.99. The molecule has 2 N–H and O–H groups in total. The fourth-order valence-corrected chi connectivity index (χ4v) is 3.19. The van der Waals surface area contributed by atoms with Crippen LogP contribution in [0.1, 0.15) is 29.6 Å². The number of carbonyl (C=O) groups excluding carboxylic acids is 2. The minimum atomic E-state index is -0.0558. The van der Waals surface area contributed by atoms with E-state index in [0.717, 1.165) is 17.7 Å². The van der Waals surface area contributed by atoms with E-state index in [1.54, 1.807) is 36.0 Å². The first-order valence-electron chi connectivity index (χ1n) is 8.19. The third kappa shape index (κ3) is 5.80. The molecule has 0 saturated heterocycles. The van der Waals surface area contributed by atoms with E-state index in [1.807, 2.05) is 24.3 Å². The van der Waals surface area contributed by atoms with Crippen LogP contribution in [0.5, 0.6) is 0 Å². The molecule has 1 aliphatic carbocycles. The number of rotatable bonds is 7. The van der Waals surface area contributed by atoms with Gasteiger partial charge in [-0.3, -0.25) is 9.59 Å². The molecule has 0 spiro atoms. The SMILES string of the molecule is O=C(CCSc1ccc(Cl)cc1)Nc1ccc(C(=O)NC2CC2)cc1. The molecule has 0 aromatic heterocycles. The van der Waals surface area contributed by atoms with Gasteiger partial charge in [-0.25, -0.2) is 0 Å². The van der Waals surface area contributed by atoms with Gasteiger partial charge in [0.2, 0.25) is 5.91 Å². The first-order chi connectivity index (χ1) is 12.1. The van der Waals surface area contributed by atoms with Gasteiger partial charge in [0.15, 0.2) is 0 Å². The highest BCUT2D eigenvalue weighted by Gasteiger charge is 2.23. The lowest BCUT2D eigenvalue weighted by molar-refractivity contribution is -0.115. The second-order valence-electron chi connectivity index (χ2n) is 5.93. The van der Waals surface area contributed by atoms with Gasteiger partial charge in [-0.2, -0.15) is 0 Å². The third-order valence-corrected chi connectivity index (χ3v) is 5.02. The summed E-state index contributed by atoms with van der Waals surface area (Å²) in [6, 6.07) is 14.9. The van der Waals surface area contributed by atoms with Gasteiger partial charge in [-0.1, -0.05) is 11.6 Å². The van der Waals surface area contributed by atoms with Gasteiger partial charge >= 0.3 is 0 Å². The van der Waals surface area contributed by atoms with Gasteiger partial charge in [0.25, 0.3) is 5.91 Å². The van der Waals surface area contributed by atoms with Gasteiger partial charge in [0.05, 0.1) is 0 Å². The average molecular weight is 375 g/mol. The van der Waals surface area contributed by atoms with Crippen LogP contribution >= 0.6 is 23.4 Å². The number of anilines is 1. The monoisotopic (exact) mass is 374 g/mol. The van der Waals surface area contributed by atoms with Crippen molar-refractivity contribution in [2.75, 3.05) is 11.1 Å². The normalized spacial score (nSPS) is 13.3. The molecule has 0 radical (unpaired) electrons. The Bertz CT molecular complexity index is 743. The van der Waals surface area contributed by atoms with Crippen LogP contribution in [-0.4, -0.2) is 23.6 Å². The second-order valence-corrected chi connectivity index (χ2v) is 7.53. The van der Waals surface area contributed by atoms with E-state index >= 15 is 0 Å². The molecule has 0 unspecified atom stereocenters. The Morgan fingerprint density at radius 1 is 1.04 bits per heavy atom. The molecular weight excluding hydrogens is 356 g/mol. The lowest BCUT2D eigenvalue weighted by atomic mass is 10.2. The number of amides is 2. The Morgan fingerprint density at radius 3 is 2.36 bits per heavy atom. The summed E-state index contributed by atoms with van der Waals surface area (Å²) in [5, 5.41) is 6.50. The number of thioether (sulfide) groups is 1. The van der Waals surface area contributed by atoms with Crippen LogP contribution in [0.4, 0.5) is 5.69 Å². The molecule has 2 aromatic carbocycles. The first kappa shape index (κ1) is 17.8. The number of hydrogen-bond donors (Lipinski definition) is 2. The summed E-state index contributed by atoms with van der Waals surface area (Å²) in [5.74, 6) is 0.589. The van der Waals surface area contributed by atoms with Gasteiger partial charge in [-0.05, 0) is 61.4 Å². The summed E-state index contributed by atoms with van der Waals surface area (Å²) in [7, 11) is 0. The van der Waals surface area contributed by atoms with Crippen molar-refractivity contribution in [3.63, 3.8) is 0 Å². The fraction of sp³-hybridized carbons (Fsp3) is 0.263. The smallest absolute Gasteiger partial charge is 0.251 e. The van der Waals surface area contributed by atoms with Gasteiger partial charge in [-0.15, -0.1) is 11.8 Å². The molecule has 0 heterocycles. The summed E-state index contributed by atoms with van der Waals surface area (Å²) in [6.45, 7) is 0. The van der Waals surface area contributed by atoms with Crippen molar-refractivity contribution in [2.24, 2.45) is 0 Å². The van der Waals surface area contributed by atoms with Gasteiger partial charge in [0, 0.05) is 39.4 Å². The van der Waals surface area contributed by atoms with Crippen LogP contribution in [-0.2, 0) is 4.79 Å². The zero-order valence-electron chi connectivity index (χ0n) is 13.6. The Labute approximate surface area is 156 Å². The van der Waals surface area contributed by atoms with Gasteiger partial charge < -0.3 is 10.6 Å². The maximum Gasteiger partial charge on any atom is 0.251 e. The molecule has 130 valence electrons. The maximum absolute atomic E-state index is 12.0. The Morgan fingerprint density at radius 2 is 1.72 bits per heavy atom. The Balaban J connectivity index is 1.42. The lowest BCUT2D eigenvalue weighted by Gasteiger charge is -2.07. The van der Waals surface area contributed by atoms with E-state index in [2.05, 4.69) is 10.6 Å². The molecular formula is C19H19ClN2O2S. The number of halogens is 1. The van der Waals surface area contributed by atoms with E-state index in [1.165, 1.54) is 0 Å². The minimum Gasteiger partial charge on any atom is -0.349 e. The average Bonchev–Trinajstić information content (AvgIpc) is 3.41. The van der Waals surface area contributed by atoms with Crippen molar-refractivity contribution in [1.82, 2.24) is 5.32 Å². The van der Waals surface area contributed by atoms with Crippen LogP contribution in [0.2, 0.25) is 5.02 Å². The standard InChI is InChI=1S/C19H19ClN2O2S/c20-14-3-9-17(10-4-14)25-12-11-18(23)21-15-5-1-13(2-6-15)19(24)22-16-7-8-16/h1-6,9-10,16H,7-8,11-12H2,(H,21,23)(H,22,24). The largest absolute Gasteiger partial charge is 0.349 e. The molecule has 0 bridgehead atoms. The molecule has 1 fully saturated rings. The van der Waals surface area contributed by atoms with Crippen molar-refractivity contribution < 1.29 is 9.59 Å². The molecule has 3 rings (SSSR count). The summed E-state index contributed by atoms with van der Waals surface area (Å²) in [4.78, 5) is 25.0. The lowest BCUT2D eigenvalue weighted by Crippen LogP contribution is -2.25. The number of carbonyl (C=O) groups is 2. The summed E-state index contributed by atoms with van der Waals surface area (Å²) < 4.78 is 0. The van der Waals surface area contributed by atoms with Crippen molar-refractivity contribution in [3.05, 3.63) is 59.1 Å². The van der Waals surface area contributed by atoms with Crippen molar-refractivity contribution >= 4 is 40.9 Å². The molecule has 4 nitrogen and oxygen atoms in total. The number of nitrogens with one attached hydrogen (secondary N) is 2. The van der Waals surface area contributed by atoms with Crippen LogP contribution in [0.25, 0.3) is 0 Å². The number of hydrogen-bond acceptors (Lipinski definition) is 3. The number of benzene rings is 2. The third-order valence-electron chi connectivity index (χ3n) is 3.75. The molecule has 2 aromatic rings. The molecule has 2 amide bonds. The minimum absolute atomic E-state index is 0.0448. The summed E-state index contributed by atoms with van der Waals surface area (Å²) in [5.41, 5.74) is 1.31. The van der Waals surface area contributed by atoms with Crippen molar-refractivity contribution in [2.45, 2.75) is 30.2 Å². The first-order valence-corrected chi connectivity index (χ1v) is 9.56. The fourth-order valence-electron chi connectivity index (χ4n) is 2.22. The van der Waals surface area contributed by atoms with E-state index < -0.39 is 0 Å². The quantitative estimate of drug-likeness (QED) is 0.708. The van der Waals surface area contributed by atoms with E-state index in [-0.39, 0.29) is 11.8 Å². The topological polar surface area (TPSA) is 58.2 Å². The maximum atomic E-state index is 12.0. The molecule has 6 heteroatoms. The second kappa shape index (κ2) is 8.41. The Kier molecular flexibility index (Phi) is 6.00. The molecule has 25 heavy (non-hydrogen) atoms. The Hall–Kier alpha value is -1.98. The molecule has 0 aliphatic heterocycles. The van der Waals surface area contributed by atoms with E-state index in [9.17, 15) is 9.59 Å². The van der Waals surface area contributed by atoms with Crippen molar-refractivity contribution in [1.29, 1.82) is 0 Å². The molecule has 0 atom stereocenters. The molecule has 1 aliphatic rings. The predicted molar refractivity (Wildman–Crippen MR) is 102 cm³/mol. The predicted octanol–water partition coefficient (Wildman–Crippen LogP) is 4.35. The van der Waals surface area contributed by atoms with E-state index in [4.69, 9.17) is 11.6 Å². The summed E-state index contributed by atoms with van der Waals surface area (Å²) >= 11 is 7.46. The van der Waals surface area contributed by atoms with E-state index in [0.29, 0.717) is 34.5 Å². The summed E-state index contributed by atoms with van der Waals surface area (Å²) in [6.07, 6.45) is 2.54. The zero-order chi connectivity index (χ0) is 17.6. The van der Waals surface area contributed by atoms with Crippen LogP contribution in [0.3, 0.4) is 0 Å². The van der Waals surface area contributed by atoms with Crippen molar-refractivity contribution in [3.8, 4) is 0 Å². The highest BCUT2D eigenvalue weighted by Crippen LogP contribution is 2.21. The van der Waals surface area contributed by atoms with Crippen LogP contribution < -0.4 is 10.6 Å².